The zero-order chi connectivity index (χ0) is 13.4. The lowest BCUT2D eigenvalue weighted by atomic mass is 10.2. The SMILES string of the molecule is CCN(CC)c1ccc(/C=N\NC(=O)OC)cc1. The molecule has 0 saturated heterocycles. The highest BCUT2D eigenvalue weighted by Gasteiger charge is 2.00. The minimum Gasteiger partial charge on any atom is -0.452 e. The predicted molar refractivity (Wildman–Crippen MR) is 73.1 cm³/mol. The number of nitrogens with zero attached hydrogens (tertiary/aromatic N) is 2. The number of amides is 1. The van der Waals surface area contributed by atoms with Crippen LogP contribution in [-0.2, 0) is 4.74 Å². The third-order valence-corrected chi connectivity index (χ3v) is 2.58. The number of nitrogens with one attached hydrogen (secondary N) is 1. The second-order valence-corrected chi connectivity index (χ2v) is 3.63. The molecule has 1 aromatic rings. The summed E-state index contributed by atoms with van der Waals surface area (Å²) in [5, 5.41) is 3.76. The van der Waals surface area contributed by atoms with Crippen molar-refractivity contribution in [2.75, 3.05) is 25.1 Å². The minimum atomic E-state index is -0.578. The third kappa shape index (κ3) is 4.08. The molecule has 0 saturated carbocycles. The van der Waals surface area contributed by atoms with Gasteiger partial charge in [-0.2, -0.15) is 5.10 Å². The molecule has 0 aliphatic rings. The Balaban J connectivity index is 2.62. The lowest BCUT2D eigenvalue weighted by Gasteiger charge is -2.20. The van der Waals surface area contributed by atoms with Gasteiger partial charge in [0.05, 0.1) is 13.3 Å². The van der Waals surface area contributed by atoms with Crippen molar-refractivity contribution in [3.05, 3.63) is 29.8 Å². The number of hydrogen-bond donors (Lipinski definition) is 1. The Morgan fingerprint density at radius 2 is 1.94 bits per heavy atom. The number of carbonyl (C=O) groups is 1. The van der Waals surface area contributed by atoms with Crippen LogP contribution in [0.25, 0.3) is 0 Å². The molecule has 0 bridgehead atoms. The van der Waals surface area contributed by atoms with Crippen molar-refractivity contribution >= 4 is 18.0 Å². The van der Waals surface area contributed by atoms with Gasteiger partial charge in [0.25, 0.3) is 0 Å². The molecule has 0 unspecified atom stereocenters. The Labute approximate surface area is 107 Å². The Morgan fingerprint density at radius 3 is 2.44 bits per heavy atom. The topological polar surface area (TPSA) is 53.9 Å². The van der Waals surface area contributed by atoms with E-state index in [4.69, 9.17) is 0 Å². The molecular formula is C13H19N3O2. The van der Waals surface area contributed by atoms with E-state index in [2.05, 4.69) is 34.0 Å². The van der Waals surface area contributed by atoms with Crippen molar-refractivity contribution in [3.8, 4) is 0 Å². The van der Waals surface area contributed by atoms with E-state index >= 15 is 0 Å². The fraction of sp³-hybridized carbons (Fsp3) is 0.385. The quantitative estimate of drug-likeness (QED) is 0.643. The monoisotopic (exact) mass is 249 g/mol. The zero-order valence-electron chi connectivity index (χ0n) is 11.0. The standard InChI is InChI=1S/C13H19N3O2/c1-4-16(5-2)12-8-6-11(7-9-12)10-14-15-13(17)18-3/h6-10H,4-5H2,1-3H3,(H,15,17)/b14-10-. The maximum atomic E-state index is 10.8. The van der Waals surface area contributed by atoms with Crippen LogP contribution >= 0.6 is 0 Å². The van der Waals surface area contributed by atoms with Gasteiger partial charge in [0.1, 0.15) is 0 Å². The molecule has 1 aromatic carbocycles. The molecule has 0 aliphatic carbocycles. The number of anilines is 1. The second kappa shape index (κ2) is 7.32. The lowest BCUT2D eigenvalue weighted by molar-refractivity contribution is 0.171. The van der Waals surface area contributed by atoms with Crippen LogP contribution in [0.1, 0.15) is 19.4 Å². The van der Waals surface area contributed by atoms with Crippen molar-refractivity contribution in [2.24, 2.45) is 5.10 Å². The zero-order valence-corrected chi connectivity index (χ0v) is 11.0. The van der Waals surface area contributed by atoms with Gasteiger partial charge in [-0.05, 0) is 31.5 Å². The van der Waals surface area contributed by atoms with Gasteiger partial charge in [-0.3, -0.25) is 0 Å². The normalized spacial score (nSPS) is 10.4. The highest BCUT2D eigenvalue weighted by molar-refractivity contribution is 5.81. The average Bonchev–Trinajstić information content (AvgIpc) is 2.41. The molecule has 0 atom stereocenters. The Kier molecular flexibility index (Phi) is 5.70. The molecule has 0 heterocycles. The molecule has 0 aliphatic heterocycles. The van der Waals surface area contributed by atoms with Crippen LogP contribution in [0.15, 0.2) is 29.4 Å². The van der Waals surface area contributed by atoms with Crippen molar-refractivity contribution in [1.29, 1.82) is 0 Å². The summed E-state index contributed by atoms with van der Waals surface area (Å²) in [6, 6.07) is 7.98. The van der Waals surface area contributed by atoms with Crippen LogP contribution in [0.5, 0.6) is 0 Å². The van der Waals surface area contributed by atoms with E-state index < -0.39 is 6.09 Å². The Hall–Kier alpha value is -2.04. The summed E-state index contributed by atoms with van der Waals surface area (Å²) in [5.41, 5.74) is 4.34. The van der Waals surface area contributed by atoms with E-state index in [1.165, 1.54) is 12.8 Å². The van der Waals surface area contributed by atoms with Crippen LogP contribution < -0.4 is 10.3 Å². The molecule has 0 fully saturated rings. The maximum Gasteiger partial charge on any atom is 0.427 e. The molecular weight excluding hydrogens is 230 g/mol. The third-order valence-electron chi connectivity index (χ3n) is 2.58. The van der Waals surface area contributed by atoms with Crippen LogP contribution in [0, 0.1) is 0 Å². The number of rotatable bonds is 5. The molecule has 5 heteroatoms. The Bertz CT molecular complexity index is 397. The summed E-state index contributed by atoms with van der Waals surface area (Å²) < 4.78 is 4.40. The fourth-order valence-corrected chi connectivity index (χ4v) is 1.57. The van der Waals surface area contributed by atoms with Crippen molar-refractivity contribution in [3.63, 3.8) is 0 Å². The molecule has 1 N–H and O–H groups in total. The van der Waals surface area contributed by atoms with E-state index in [9.17, 15) is 4.79 Å². The first-order chi connectivity index (χ1) is 8.71. The first kappa shape index (κ1) is 14.0. The number of ether oxygens (including phenoxy) is 1. The summed E-state index contributed by atoms with van der Waals surface area (Å²) in [5.74, 6) is 0. The predicted octanol–water partition coefficient (Wildman–Crippen LogP) is 2.22. The second-order valence-electron chi connectivity index (χ2n) is 3.63. The van der Waals surface area contributed by atoms with Crippen LogP contribution in [0.2, 0.25) is 0 Å². The van der Waals surface area contributed by atoms with E-state index in [0.29, 0.717) is 0 Å². The van der Waals surface area contributed by atoms with Gasteiger partial charge in [-0.1, -0.05) is 12.1 Å². The fourth-order valence-electron chi connectivity index (χ4n) is 1.57. The molecule has 18 heavy (non-hydrogen) atoms. The van der Waals surface area contributed by atoms with Gasteiger partial charge < -0.3 is 9.64 Å². The van der Waals surface area contributed by atoms with Crippen LogP contribution in [0.3, 0.4) is 0 Å². The minimum absolute atomic E-state index is 0.578. The van der Waals surface area contributed by atoms with E-state index in [1.54, 1.807) is 6.21 Å². The number of benzene rings is 1. The van der Waals surface area contributed by atoms with Gasteiger partial charge >= 0.3 is 6.09 Å². The summed E-state index contributed by atoms with van der Waals surface area (Å²) in [6.45, 7) is 6.21. The molecule has 5 nitrogen and oxygen atoms in total. The lowest BCUT2D eigenvalue weighted by Crippen LogP contribution is -2.21. The Morgan fingerprint density at radius 1 is 1.33 bits per heavy atom. The summed E-state index contributed by atoms with van der Waals surface area (Å²) in [7, 11) is 1.30. The van der Waals surface area contributed by atoms with E-state index in [-0.39, 0.29) is 0 Å². The van der Waals surface area contributed by atoms with Gasteiger partial charge in [0.2, 0.25) is 0 Å². The highest BCUT2D eigenvalue weighted by Crippen LogP contribution is 2.13. The highest BCUT2D eigenvalue weighted by atomic mass is 16.5. The summed E-state index contributed by atoms with van der Waals surface area (Å²) >= 11 is 0. The number of methoxy groups -OCH3 is 1. The van der Waals surface area contributed by atoms with Gasteiger partial charge in [-0.15, -0.1) is 0 Å². The molecule has 98 valence electrons. The molecule has 0 aromatic heterocycles. The van der Waals surface area contributed by atoms with Gasteiger partial charge in [-0.25, -0.2) is 10.2 Å². The largest absolute Gasteiger partial charge is 0.452 e. The van der Waals surface area contributed by atoms with Crippen molar-refractivity contribution in [1.82, 2.24) is 5.43 Å². The molecule has 1 rings (SSSR count). The molecule has 0 spiro atoms. The van der Waals surface area contributed by atoms with Gasteiger partial charge in [0, 0.05) is 18.8 Å². The number of carbonyl (C=O) groups excluding carboxylic acids is 1. The van der Waals surface area contributed by atoms with Crippen LogP contribution in [0.4, 0.5) is 10.5 Å². The van der Waals surface area contributed by atoms with E-state index in [0.717, 1.165) is 18.7 Å². The average molecular weight is 249 g/mol. The summed E-state index contributed by atoms with van der Waals surface area (Å²) in [4.78, 5) is 13.0. The van der Waals surface area contributed by atoms with Crippen molar-refractivity contribution < 1.29 is 9.53 Å². The first-order valence-corrected chi connectivity index (χ1v) is 5.93. The number of hydrogen-bond acceptors (Lipinski definition) is 4. The molecule has 1 amide bonds. The maximum absolute atomic E-state index is 10.8. The van der Waals surface area contributed by atoms with E-state index in [1.807, 2.05) is 24.3 Å². The van der Waals surface area contributed by atoms with Crippen molar-refractivity contribution in [2.45, 2.75) is 13.8 Å². The molecule has 0 radical (unpaired) electrons. The van der Waals surface area contributed by atoms with Gasteiger partial charge in [0.15, 0.2) is 0 Å². The van der Waals surface area contributed by atoms with Crippen LogP contribution in [-0.4, -0.2) is 32.5 Å². The first-order valence-electron chi connectivity index (χ1n) is 5.93. The summed E-state index contributed by atoms with van der Waals surface area (Å²) in [6.07, 6.45) is 0.995. The number of hydrazone groups is 1. The smallest absolute Gasteiger partial charge is 0.427 e.